The average Bonchev–Trinajstić information content (AvgIpc) is 2.53. The number of rotatable bonds is 17. The lowest BCUT2D eigenvalue weighted by molar-refractivity contribution is 0.934. The molecule has 8 N–H and O–H groups in total. The van der Waals surface area contributed by atoms with Crippen LogP contribution >= 0.6 is 47.0 Å². The first-order chi connectivity index (χ1) is 10.8. The van der Waals surface area contributed by atoms with Crippen LogP contribution in [0, 0.1) is 0 Å². The molecule has 0 aliphatic rings. The summed E-state index contributed by atoms with van der Waals surface area (Å²) in [4.78, 5) is 0. The molecule has 0 atom stereocenters. The zero-order valence-corrected chi connectivity index (χ0v) is 16.8. The monoisotopic (exact) mass is 386 g/mol. The maximum absolute atomic E-state index is 5.63. The Bertz CT molecular complexity index is 183. The molecule has 0 amide bonds. The summed E-state index contributed by atoms with van der Waals surface area (Å²) in [6.45, 7) is 3.11. The highest BCUT2D eigenvalue weighted by Gasteiger charge is 2.22. The third kappa shape index (κ3) is 13.7. The highest BCUT2D eigenvalue weighted by Crippen LogP contribution is 2.40. The van der Waals surface area contributed by atoms with Gasteiger partial charge in [0.2, 0.25) is 0 Å². The minimum absolute atomic E-state index is 0.601. The van der Waals surface area contributed by atoms with Gasteiger partial charge in [0.25, 0.3) is 0 Å². The first-order valence-electron chi connectivity index (χ1n) is 8.06. The first-order valence-corrected chi connectivity index (χ1v) is 12.3. The Morgan fingerprint density at radius 2 is 0.682 bits per heavy atom. The fourth-order valence-electron chi connectivity index (χ4n) is 1.54. The zero-order chi connectivity index (χ0) is 16.5. The molecule has 0 spiro atoms. The lowest BCUT2D eigenvalue weighted by atomic mass is 10.5. The molecule has 0 saturated carbocycles. The van der Waals surface area contributed by atoms with Crippen LogP contribution < -0.4 is 22.9 Å². The summed E-state index contributed by atoms with van der Waals surface area (Å²) in [5.74, 6) is 4.56. The fraction of sp³-hybridized carbons (Fsp3) is 1.00. The third-order valence-corrected chi connectivity index (χ3v) is 9.57. The summed E-state index contributed by atoms with van der Waals surface area (Å²) < 4.78 is 1.20. The summed E-state index contributed by atoms with van der Waals surface area (Å²) >= 11 is 8.23. The molecule has 0 aliphatic heterocycles. The van der Waals surface area contributed by atoms with Gasteiger partial charge in [0.15, 0.2) is 0 Å². The van der Waals surface area contributed by atoms with Crippen molar-refractivity contribution >= 4 is 47.0 Å². The van der Waals surface area contributed by atoms with E-state index in [9.17, 15) is 0 Å². The molecule has 4 nitrogen and oxygen atoms in total. The largest absolute Gasteiger partial charge is 0.330 e. The van der Waals surface area contributed by atoms with Crippen molar-refractivity contribution in [3.8, 4) is 0 Å². The van der Waals surface area contributed by atoms with Gasteiger partial charge in [-0.25, -0.2) is 0 Å². The molecule has 0 unspecified atom stereocenters. The van der Waals surface area contributed by atoms with Crippen LogP contribution in [0.2, 0.25) is 0 Å². The van der Waals surface area contributed by atoms with Gasteiger partial charge in [0.05, 0.1) is 9.16 Å². The Kier molecular flexibility index (Phi) is 19.6. The molecule has 0 radical (unpaired) electrons. The lowest BCUT2D eigenvalue weighted by Gasteiger charge is -2.26. The van der Waals surface area contributed by atoms with E-state index in [-0.39, 0.29) is 0 Å². The molecular formula is C14H34N4S4. The van der Waals surface area contributed by atoms with Gasteiger partial charge in [-0.2, -0.15) is 0 Å². The van der Waals surface area contributed by atoms with E-state index >= 15 is 0 Å². The molecule has 0 saturated heterocycles. The van der Waals surface area contributed by atoms with Crippen LogP contribution in [0.15, 0.2) is 0 Å². The second-order valence-corrected chi connectivity index (χ2v) is 10.4. The molecular weight excluding hydrogens is 352 g/mol. The molecule has 0 fully saturated rings. The molecule has 0 rings (SSSR count). The van der Waals surface area contributed by atoms with Crippen molar-refractivity contribution in [2.45, 2.75) is 34.8 Å². The Labute approximate surface area is 153 Å². The van der Waals surface area contributed by atoms with Crippen molar-refractivity contribution in [3.63, 3.8) is 0 Å². The predicted octanol–water partition coefficient (Wildman–Crippen LogP) is 1.97. The highest BCUT2D eigenvalue weighted by molar-refractivity contribution is 8.23. The predicted molar refractivity (Wildman–Crippen MR) is 112 cm³/mol. The van der Waals surface area contributed by atoms with Gasteiger partial charge in [0, 0.05) is 0 Å². The second kappa shape index (κ2) is 18.6. The maximum Gasteiger partial charge on any atom is 0.0712 e. The van der Waals surface area contributed by atoms with E-state index in [1.54, 1.807) is 0 Å². The second-order valence-electron chi connectivity index (χ2n) is 4.79. The topological polar surface area (TPSA) is 104 Å². The Morgan fingerprint density at radius 3 is 0.864 bits per heavy atom. The van der Waals surface area contributed by atoms with Crippen LogP contribution in [-0.4, -0.2) is 58.4 Å². The average molecular weight is 387 g/mol. The first kappa shape index (κ1) is 23.2. The van der Waals surface area contributed by atoms with Crippen LogP contribution in [-0.2, 0) is 0 Å². The van der Waals surface area contributed by atoms with Gasteiger partial charge < -0.3 is 22.9 Å². The minimum Gasteiger partial charge on any atom is -0.330 e. The van der Waals surface area contributed by atoms with Gasteiger partial charge in [-0.3, -0.25) is 0 Å². The van der Waals surface area contributed by atoms with Gasteiger partial charge >= 0.3 is 0 Å². The normalized spacial score (nSPS) is 11.7. The van der Waals surface area contributed by atoms with Crippen LogP contribution in [0.5, 0.6) is 0 Å². The fourth-order valence-corrected chi connectivity index (χ4v) is 8.24. The zero-order valence-electron chi connectivity index (χ0n) is 13.6. The van der Waals surface area contributed by atoms with Gasteiger partial charge in [-0.05, 0) is 74.9 Å². The summed E-state index contributed by atoms with van der Waals surface area (Å²) in [6, 6.07) is 0. The Balaban J connectivity index is 4.42. The van der Waals surface area contributed by atoms with Crippen LogP contribution in [0.1, 0.15) is 25.7 Å². The number of hydrogen-bond acceptors (Lipinski definition) is 8. The molecule has 0 aromatic heterocycles. The van der Waals surface area contributed by atoms with Gasteiger partial charge in [-0.15, -0.1) is 47.0 Å². The van der Waals surface area contributed by atoms with Crippen molar-refractivity contribution in [1.29, 1.82) is 0 Å². The summed E-state index contributed by atoms with van der Waals surface area (Å²) in [5.41, 5.74) is 22.5. The SMILES string of the molecule is NCCCSC(SCCCN)C(SCCCN)SCCCN. The Morgan fingerprint density at radius 1 is 0.455 bits per heavy atom. The smallest absolute Gasteiger partial charge is 0.0712 e. The van der Waals surface area contributed by atoms with Crippen molar-refractivity contribution in [2.75, 3.05) is 49.2 Å². The lowest BCUT2D eigenvalue weighted by Crippen LogP contribution is -2.18. The van der Waals surface area contributed by atoms with Crippen LogP contribution in [0.4, 0.5) is 0 Å². The maximum atomic E-state index is 5.63. The van der Waals surface area contributed by atoms with Gasteiger partial charge in [-0.1, -0.05) is 0 Å². The minimum atomic E-state index is 0.601. The summed E-state index contributed by atoms with van der Waals surface area (Å²) in [7, 11) is 0. The van der Waals surface area contributed by atoms with E-state index in [4.69, 9.17) is 22.9 Å². The molecule has 134 valence electrons. The molecule has 0 aromatic rings. The van der Waals surface area contributed by atoms with E-state index in [0.29, 0.717) is 9.16 Å². The van der Waals surface area contributed by atoms with E-state index in [1.807, 2.05) is 0 Å². The number of nitrogens with two attached hydrogens (primary N) is 4. The van der Waals surface area contributed by atoms with E-state index < -0.39 is 0 Å². The quantitative estimate of drug-likeness (QED) is 0.222. The van der Waals surface area contributed by atoms with E-state index in [0.717, 1.165) is 74.9 Å². The summed E-state index contributed by atoms with van der Waals surface area (Å²) in [6.07, 6.45) is 4.36. The number of thioether (sulfide) groups is 4. The van der Waals surface area contributed by atoms with Gasteiger partial charge in [0.1, 0.15) is 0 Å². The molecule has 22 heavy (non-hydrogen) atoms. The van der Waals surface area contributed by atoms with E-state index in [2.05, 4.69) is 47.0 Å². The third-order valence-electron chi connectivity index (χ3n) is 2.74. The highest BCUT2D eigenvalue weighted by atomic mass is 32.2. The molecule has 8 heteroatoms. The van der Waals surface area contributed by atoms with Crippen LogP contribution in [0.25, 0.3) is 0 Å². The summed E-state index contributed by atoms with van der Waals surface area (Å²) in [5, 5.41) is 0. The molecule has 0 bridgehead atoms. The van der Waals surface area contributed by atoms with Crippen LogP contribution in [0.3, 0.4) is 0 Å². The molecule has 0 aromatic carbocycles. The van der Waals surface area contributed by atoms with Crippen molar-refractivity contribution in [3.05, 3.63) is 0 Å². The van der Waals surface area contributed by atoms with Crippen molar-refractivity contribution < 1.29 is 0 Å². The standard InChI is InChI=1S/C14H34N4S4/c15-5-1-9-19-13(20-10-2-6-16)14(21-11-3-7-17)22-12-4-8-18/h13-14H,1-12,15-18H2. The molecule has 0 heterocycles. The molecule has 0 aliphatic carbocycles. The van der Waals surface area contributed by atoms with E-state index in [1.165, 1.54) is 0 Å². The van der Waals surface area contributed by atoms with Crippen molar-refractivity contribution in [2.24, 2.45) is 22.9 Å². The number of hydrogen-bond donors (Lipinski definition) is 4. The van der Waals surface area contributed by atoms with Crippen molar-refractivity contribution in [1.82, 2.24) is 0 Å². The Hall–Kier alpha value is 1.24.